The van der Waals surface area contributed by atoms with Crippen LogP contribution >= 0.6 is 27.5 Å². The molecule has 1 fully saturated rings. The fraction of sp³-hybridized carbons (Fsp3) is 0.240. The molecule has 6 heteroatoms. The summed E-state index contributed by atoms with van der Waals surface area (Å²) >= 11 is 9.51. The molecule has 1 aliphatic rings. The Bertz CT molecular complexity index is 1030. The quantitative estimate of drug-likeness (QED) is 0.440. The van der Waals surface area contributed by atoms with Gasteiger partial charge in [0, 0.05) is 47.8 Å². The molecule has 31 heavy (non-hydrogen) atoms. The van der Waals surface area contributed by atoms with Crippen LogP contribution in [0.5, 0.6) is 5.75 Å². The monoisotopic (exact) mass is 498 g/mol. The summed E-state index contributed by atoms with van der Waals surface area (Å²) in [6.07, 6.45) is 0. The molecule has 4 nitrogen and oxygen atoms in total. The van der Waals surface area contributed by atoms with Gasteiger partial charge in [0.25, 0.3) is 5.91 Å². The zero-order valence-electron chi connectivity index (χ0n) is 17.1. The Balaban J connectivity index is 1.31. The molecule has 1 aliphatic heterocycles. The minimum atomic E-state index is 0.0768. The van der Waals surface area contributed by atoms with E-state index in [1.54, 1.807) is 0 Å². The number of benzene rings is 3. The number of hydrogen-bond acceptors (Lipinski definition) is 3. The van der Waals surface area contributed by atoms with Gasteiger partial charge in [0.2, 0.25) is 0 Å². The maximum absolute atomic E-state index is 13.0. The second kappa shape index (κ2) is 10.3. The third kappa shape index (κ3) is 6.10. The summed E-state index contributed by atoms with van der Waals surface area (Å²) in [5, 5.41) is 0.760. The summed E-state index contributed by atoms with van der Waals surface area (Å²) in [6.45, 7) is 4.43. The molecule has 0 unspecified atom stereocenters. The highest BCUT2D eigenvalue weighted by atomic mass is 79.9. The summed E-state index contributed by atoms with van der Waals surface area (Å²) in [5.74, 6) is 0.878. The van der Waals surface area contributed by atoms with Crippen molar-refractivity contribution in [1.29, 1.82) is 0 Å². The summed E-state index contributed by atoms with van der Waals surface area (Å²) < 4.78 is 6.86. The second-order valence-electron chi connectivity index (χ2n) is 7.64. The molecule has 0 aromatic heterocycles. The number of hydrogen-bond donors (Lipinski definition) is 0. The Morgan fingerprint density at radius 3 is 2.35 bits per heavy atom. The van der Waals surface area contributed by atoms with E-state index in [4.69, 9.17) is 16.3 Å². The minimum Gasteiger partial charge on any atom is -0.489 e. The van der Waals surface area contributed by atoms with Crippen molar-refractivity contribution >= 4 is 33.4 Å². The molecule has 0 aliphatic carbocycles. The highest BCUT2D eigenvalue weighted by Crippen LogP contribution is 2.19. The van der Waals surface area contributed by atoms with Crippen molar-refractivity contribution in [2.24, 2.45) is 0 Å². The van der Waals surface area contributed by atoms with Crippen LogP contribution in [0.25, 0.3) is 0 Å². The lowest BCUT2D eigenvalue weighted by Gasteiger charge is -2.35. The predicted molar refractivity (Wildman–Crippen MR) is 128 cm³/mol. The average Bonchev–Trinajstić information content (AvgIpc) is 2.79. The Kier molecular flexibility index (Phi) is 7.28. The van der Waals surface area contributed by atoms with Crippen molar-refractivity contribution in [1.82, 2.24) is 9.80 Å². The van der Waals surface area contributed by atoms with Crippen LogP contribution in [-0.4, -0.2) is 41.9 Å². The van der Waals surface area contributed by atoms with Crippen LogP contribution in [0.3, 0.4) is 0 Å². The van der Waals surface area contributed by atoms with Gasteiger partial charge in [-0.3, -0.25) is 9.69 Å². The Morgan fingerprint density at radius 1 is 0.903 bits per heavy atom. The molecule has 4 rings (SSSR count). The summed E-state index contributed by atoms with van der Waals surface area (Å²) in [4.78, 5) is 17.3. The van der Waals surface area contributed by atoms with Crippen molar-refractivity contribution in [2.75, 3.05) is 26.2 Å². The number of piperazine rings is 1. The third-order valence-corrected chi connectivity index (χ3v) is 6.11. The van der Waals surface area contributed by atoms with Gasteiger partial charge in [-0.05, 0) is 59.7 Å². The fourth-order valence-corrected chi connectivity index (χ4v) is 4.15. The number of amides is 1. The molecule has 0 spiro atoms. The molecule has 1 amide bonds. The lowest BCUT2D eigenvalue weighted by Crippen LogP contribution is -2.48. The van der Waals surface area contributed by atoms with E-state index in [9.17, 15) is 4.79 Å². The molecule has 0 radical (unpaired) electrons. The lowest BCUT2D eigenvalue weighted by atomic mass is 10.1. The predicted octanol–water partition coefficient (Wildman–Crippen LogP) is 5.64. The fourth-order valence-electron chi connectivity index (χ4n) is 3.68. The van der Waals surface area contributed by atoms with Gasteiger partial charge in [0.15, 0.2) is 0 Å². The van der Waals surface area contributed by atoms with E-state index >= 15 is 0 Å². The van der Waals surface area contributed by atoms with Crippen molar-refractivity contribution in [3.63, 3.8) is 0 Å². The first-order chi connectivity index (χ1) is 15.1. The van der Waals surface area contributed by atoms with Gasteiger partial charge in [-0.25, -0.2) is 0 Å². The van der Waals surface area contributed by atoms with Crippen LogP contribution in [0.4, 0.5) is 0 Å². The van der Waals surface area contributed by atoms with E-state index in [1.165, 1.54) is 5.56 Å². The van der Waals surface area contributed by atoms with Crippen LogP contribution < -0.4 is 4.74 Å². The zero-order valence-corrected chi connectivity index (χ0v) is 19.5. The van der Waals surface area contributed by atoms with E-state index in [2.05, 4.69) is 26.9 Å². The Hall–Kier alpha value is -2.34. The molecular formula is C25H24BrClN2O2. The largest absolute Gasteiger partial charge is 0.489 e. The van der Waals surface area contributed by atoms with Crippen molar-refractivity contribution in [3.05, 3.63) is 99.0 Å². The first kappa shape index (κ1) is 21.9. The highest BCUT2D eigenvalue weighted by molar-refractivity contribution is 9.10. The molecule has 160 valence electrons. The van der Waals surface area contributed by atoms with Gasteiger partial charge >= 0.3 is 0 Å². The first-order valence-corrected chi connectivity index (χ1v) is 11.5. The van der Waals surface area contributed by atoms with Crippen LogP contribution in [0, 0.1) is 0 Å². The van der Waals surface area contributed by atoms with Gasteiger partial charge in [-0.15, -0.1) is 0 Å². The topological polar surface area (TPSA) is 32.8 Å². The summed E-state index contributed by atoms with van der Waals surface area (Å²) in [6, 6.07) is 23.4. The number of halogens is 2. The molecule has 1 saturated heterocycles. The average molecular weight is 500 g/mol. The Labute approximate surface area is 196 Å². The molecule has 1 heterocycles. The van der Waals surface area contributed by atoms with Crippen LogP contribution in [0.2, 0.25) is 5.02 Å². The number of rotatable bonds is 6. The van der Waals surface area contributed by atoms with E-state index in [-0.39, 0.29) is 5.91 Å². The molecule has 0 bridgehead atoms. The molecule has 0 saturated carbocycles. The minimum absolute atomic E-state index is 0.0768. The van der Waals surface area contributed by atoms with Crippen molar-refractivity contribution in [3.8, 4) is 5.75 Å². The highest BCUT2D eigenvalue weighted by Gasteiger charge is 2.22. The van der Waals surface area contributed by atoms with Crippen LogP contribution in [0.1, 0.15) is 21.5 Å². The van der Waals surface area contributed by atoms with E-state index in [1.807, 2.05) is 71.6 Å². The molecular weight excluding hydrogens is 476 g/mol. The van der Waals surface area contributed by atoms with E-state index in [0.717, 1.165) is 53.5 Å². The zero-order chi connectivity index (χ0) is 21.6. The van der Waals surface area contributed by atoms with Crippen LogP contribution in [-0.2, 0) is 13.2 Å². The van der Waals surface area contributed by atoms with E-state index < -0.39 is 0 Å². The smallest absolute Gasteiger partial charge is 0.253 e. The number of nitrogens with zero attached hydrogens (tertiary/aromatic N) is 2. The van der Waals surface area contributed by atoms with Gasteiger partial charge in [-0.1, -0.05) is 51.8 Å². The van der Waals surface area contributed by atoms with E-state index in [0.29, 0.717) is 12.2 Å². The second-order valence-corrected chi connectivity index (χ2v) is 8.99. The normalized spacial score (nSPS) is 14.5. The number of ether oxygens (including phenoxy) is 1. The molecule has 0 atom stereocenters. The van der Waals surface area contributed by atoms with Gasteiger partial charge in [0.1, 0.15) is 12.4 Å². The maximum atomic E-state index is 13.0. The van der Waals surface area contributed by atoms with Gasteiger partial charge in [0.05, 0.1) is 0 Å². The SMILES string of the molecule is O=C(c1cccc(COc2ccc(Br)cc2)c1)N1CCN(Cc2cccc(Cl)c2)CC1. The maximum Gasteiger partial charge on any atom is 0.253 e. The molecule has 3 aromatic carbocycles. The lowest BCUT2D eigenvalue weighted by molar-refractivity contribution is 0.0628. The van der Waals surface area contributed by atoms with Crippen LogP contribution in [0.15, 0.2) is 77.3 Å². The standard InChI is InChI=1S/C25H24BrClN2O2/c26-22-7-9-24(10-8-22)31-18-20-4-1-5-21(15-20)25(30)29-13-11-28(12-14-29)17-19-3-2-6-23(27)16-19/h1-10,15-16H,11-14,17-18H2. The Morgan fingerprint density at radius 2 is 1.61 bits per heavy atom. The first-order valence-electron chi connectivity index (χ1n) is 10.3. The summed E-state index contributed by atoms with van der Waals surface area (Å²) in [5.41, 5.74) is 2.89. The molecule has 0 N–H and O–H groups in total. The van der Waals surface area contributed by atoms with Gasteiger partial charge in [-0.2, -0.15) is 0 Å². The summed E-state index contributed by atoms with van der Waals surface area (Å²) in [7, 11) is 0. The number of carbonyl (C=O) groups excluding carboxylic acids is 1. The van der Waals surface area contributed by atoms with Crippen molar-refractivity contribution in [2.45, 2.75) is 13.2 Å². The third-order valence-electron chi connectivity index (χ3n) is 5.35. The number of carbonyl (C=O) groups is 1. The molecule has 3 aromatic rings. The van der Waals surface area contributed by atoms with Gasteiger partial charge < -0.3 is 9.64 Å². The van der Waals surface area contributed by atoms with Crippen molar-refractivity contribution < 1.29 is 9.53 Å².